The normalized spacial score (nSPS) is 14.3. The Bertz CT molecular complexity index is 1090. The number of benzene rings is 2. The summed E-state index contributed by atoms with van der Waals surface area (Å²) < 4.78 is 11.1. The van der Waals surface area contributed by atoms with Crippen LogP contribution in [0.25, 0.3) is 0 Å². The van der Waals surface area contributed by atoms with Crippen LogP contribution in [0.3, 0.4) is 0 Å². The zero-order valence-corrected chi connectivity index (χ0v) is 17.7. The Morgan fingerprint density at radius 2 is 1.91 bits per heavy atom. The maximum Gasteiger partial charge on any atom is 0.232 e. The molecule has 4 N–H and O–H groups in total. The fraction of sp³-hybridized carbons (Fsp3) is 0.273. The van der Waals surface area contributed by atoms with Crippen molar-refractivity contribution in [2.24, 2.45) is 10.9 Å². The zero-order valence-electron chi connectivity index (χ0n) is 17.7. The van der Waals surface area contributed by atoms with Crippen LogP contribution in [0.15, 0.2) is 53.6 Å². The molecule has 0 atom stereocenters. The molecule has 1 saturated heterocycles. The summed E-state index contributed by atoms with van der Waals surface area (Å²) in [5, 5.41) is 17.7. The summed E-state index contributed by atoms with van der Waals surface area (Å²) in [6.45, 7) is 4.70. The predicted molar refractivity (Wildman–Crippen MR) is 122 cm³/mol. The molecule has 4 rings (SSSR count). The first-order valence-corrected chi connectivity index (χ1v) is 10.3. The minimum Gasteiger partial charge on any atom is -0.507 e. The van der Waals surface area contributed by atoms with Crippen molar-refractivity contribution >= 4 is 23.3 Å². The van der Waals surface area contributed by atoms with Crippen molar-refractivity contribution in [3.8, 4) is 11.5 Å². The van der Waals surface area contributed by atoms with Gasteiger partial charge in [-0.3, -0.25) is 0 Å². The van der Waals surface area contributed by atoms with Gasteiger partial charge in [0.1, 0.15) is 17.2 Å². The third-order valence-electron chi connectivity index (χ3n) is 4.83. The number of nitrogens with two attached hydrogens (primary N) is 1. The topological polar surface area (TPSA) is 131 Å². The van der Waals surface area contributed by atoms with Crippen LogP contribution >= 0.6 is 0 Å². The molecule has 1 aromatic heterocycles. The number of phenols is 1. The molecule has 0 radical (unpaired) electrons. The lowest BCUT2D eigenvalue weighted by Crippen LogP contribution is -2.38. The number of aromatic nitrogens is 3. The lowest BCUT2D eigenvalue weighted by molar-refractivity contribution is 0.122. The molecule has 32 heavy (non-hydrogen) atoms. The molecule has 2 aromatic carbocycles. The van der Waals surface area contributed by atoms with Gasteiger partial charge in [-0.15, -0.1) is 0 Å². The van der Waals surface area contributed by atoms with E-state index in [0.717, 1.165) is 5.69 Å². The maximum absolute atomic E-state index is 10.6. The van der Waals surface area contributed by atoms with Gasteiger partial charge in [-0.1, -0.05) is 24.3 Å². The number of ether oxygens (including phenoxy) is 2. The number of hydrogen-bond donors (Lipinski definition) is 3. The fourth-order valence-corrected chi connectivity index (χ4v) is 3.35. The van der Waals surface area contributed by atoms with Crippen molar-refractivity contribution in [1.82, 2.24) is 15.0 Å². The number of hydrogen-bond acceptors (Lipinski definition) is 10. The molecule has 2 heterocycles. The highest BCUT2D eigenvalue weighted by Crippen LogP contribution is 2.30. The fourth-order valence-electron chi connectivity index (χ4n) is 3.35. The molecule has 10 nitrogen and oxygen atoms in total. The second kappa shape index (κ2) is 9.92. The van der Waals surface area contributed by atoms with E-state index in [9.17, 15) is 5.11 Å². The number of phenolic OH excluding ortho intramolecular Hbond substituents is 1. The standard InChI is InChI=1S/C22H25N7O3/c1-2-32-17-10-6-9-16(30)18(17)19(28-23)20-25-21(24-15-7-4-3-5-8-15)27-22(26-20)29-11-13-31-14-12-29/h3-10,30H,2,11-14,23H2,1H3,(H,24,25,26,27). The molecule has 3 aromatic rings. The molecule has 1 aliphatic rings. The quantitative estimate of drug-likeness (QED) is 0.290. The van der Waals surface area contributed by atoms with E-state index in [1.54, 1.807) is 12.1 Å². The van der Waals surface area contributed by atoms with Crippen molar-refractivity contribution < 1.29 is 14.6 Å². The maximum atomic E-state index is 10.6. The number of aromatic hydroxyl groups is 1. The number of rotatable bonds is 7. The summed E-state index contributed by atoms with van der Waals surface area (Å²) in [4.78, 5) is 15.8. The van der Waals surface area contributed by atoms with E-state index >= 15 is 0 Å². The van der Waals surface area contributed by atoms with Crippen LogP contribution in [0.4, 0.5) is 17.6 Å². The zero-order chi connectivity index (χ0) is 22.3. The lowest BCUT2D eigenvalue weighted by Gasteiger charge is -2.27. The van der Waals surface area contributed by atoms with Crippen LogP contribution < -0.4 is 20.8 Å². The number of anilines is 3. The second-order valence-corrected chi connectivity index (χ2v) is 6.93. The average molecular weight is 435 g/mol. The van der Waals surface area contributed by atoms with E-state index in [1.165, 1.54) is 6.07 Å². The molecule has 0 spiro atoms. The van der Waals surface area contributed by atoms with Crippen LogP contribution in [0.1, 0.15) is 18.3 Å². The van der Waals surface area contributed by atoms with Crippen molar-refractivity contribution in [3.05, 3.63) is 59.9 Å². The summed E-state index contributed by atoms with van der Waals surface area (Å²) in [5.74, 6) is 7.17. The number of morpholine rings is 1. The van der Waals surface area contributed by atoms with Gasteiger partial charge in [-0.05, 0) is 31.2 Å². The van der Waals surface area contributed by atoms with Gasteiger partial charge in [0.25, 0.3) is 0 Å². The summed E-state index contributed by atoms with van der Waals surface area (Å²) in [6, 6.07) is 14.5. The van der Waals surface area contributed by atoms with E-state index < -0.39 is 0 Å². The molecule has 0 bridgehead atoms. The monoisotopic (exact) mass is 435 g/mol. The Kier molecular flexibility index (Phi) is 6.61. The number of nitrogens with one attached hydrogen (secondary N) is 1. The summed E-state index contributed by atoms with van der Waals surface area (Å²) >= 11 is 0. The SMILES string of the molecule is CCOc1cccc(O)c1C(=NN)c1nc(Nc2ccccc2)nc(N2CCOCC2)n1. The Hall–Kier alpha value is -3.92. The highest BCUT2D eigenvalue weighted by Gasteiger charge is 2.24. The minimum absolute atomic E-state index is 0.0361. The molecule has 10 heteroatoms. The van der Waals surface area contributed by atoms with Gasteiger partial charge in [0.05, 0.1) is 25.4 Å². The number of nitrogens with zero attached hydrogens (tertiary/aromatic N) is 5. The predicted octanol–water partition coefficient (Wildman–Crippen LogP) is 2.27. The molecule has 1 aliphatic heterocycles. The molecule has 0 unspecified atom stereocenters. The first kappa shape index (κ1) is 21.3. The summed E-state index contributed by atoms with van der Waals surface area (Å²) in [6.07, 6.45) is 0. The molecular formula is C22H25N7O3. The van der Waals surface area contributed by atoms with Crippen molar-refractivity contribution in [1.29, 1.82) is 0 Å². The van der Waals surface area contributed by atoms with E-state index in [1.807, 2.05) is 42.2 Å². The Morgan fingerprint density at radius 3 is 2.62 bits per heavy atom. The van der Waals surface area contributed by atoms with E-state index in [-0.39, 0.29) is 17.3 Å². The number of para-hydroxylation sites is 1. The molecule has 1 fully saturated rings. The summed E-state index contributed by atoms with van der Waals surface area (Å²) in [5.41, 5.74) is 1.34. The molecule has 0 aliphatic carbocycles. The van der Waals surface area contributed by atoms with Crippen LogP contribution in [0.2, 0.25) is 0 Å². The van der Waals surface area contributed by atoms with Gasteiger partial charge in [0, 0.05) is 18.8 Å². The smallest absolute Gasteiger partial charge is 0.232 e. The molecule has 0 amide bonds. The minimum atomic E-state index is -0.0361. The molecule has 0 saturated carbocycles. The molecule has 166 valence electrons. The van der Waals surface area contributed by atoms with Gasteiger partial charge >= 0.3 is 0 Å². The number of hydrazone groups is 1. The van der Waals surface area contributed by atoms with Gasteiger partial charge in [0.15, 0.2) is 5.82 Å². The van der Waals surface area contributed by atoms with Crippen molar-refractivity contribution in [2.45, 2.75) is 6.92 Å². The lowest BCUT2D eigenvalue weighted by atomic mass is 10.1. The van der Waals surface area contributed by atoms with Crippen molar-refractivity contribution in [2.75, 3.05) is 43.1 Å². The summed E-state index contributed by atoms with van der Waals surface area (Å²) in [7, 11) is 0. The van der Waals surface area contributed by atoms with Crippen LogP contribution in [0.5, 0.6) is 11.5 Å². The first-order chi connectivity index (χ1) is 15.7. The Morgan fingerprint density at radius 1 is 1.12 bits per heavy atom. The highest BCUT2D eigenvalue weighted by molar-refractivity contribution is 6.14. The largest absolute Gasteiger partial charge is 0.507 e. The van der Waals surface area contributed by atoms with Gasteiger partial charge in [-0.25, -0.2) is 0 Å². The molecular weight excluding hydrogens is 410 g/mol. The third-order valence-corrected chi connectivity index (χ3v) is 4.83. The van der Waals surface area contributed by atoms with Crippen LogP contribution in [-0.4, -0.2) is 58.7 Å². The highest BCUT2D eigenvalue weighted by atomic mass is 16.5. The van der Waals surface area contributed by atoms with E-state index in [4.69, 9.17) is 15.3 Å². The first-order valence-electron chi connectivity index (χ1n) is 10.3. The van der Waals surface area contributed by atoms with Crippen LogP contribution in [0, 0.1) is 0 Å². The Labute approximate surface area is 185 Å². The van der Waals surface area contributed by atoms with Gasteiger partial charge in [-0.2, -0.15) is 20.1 Å². The van der Waals surface area contributed by atoms with Crippen LogP contribution in [-0.2, 0) is 4.74 Å². The average Bonchev–Trinajstić information content (AvgIpc) is 2.82. The van der Waals surface area contributed by atoms with Crippen molar-refractivity contribution in [3.63, 3.8) is 0 Å². The van der Waals surface area contributed by atoms with E-state index in [2.05, 4.69) is 25.4 Å². The third kappa shape index (κ3) is 4.70. The van der Waals surface area contributed by atoms with Gasteiger partial charge in [0.2, 0.25) is 11.9 Å². The second-order valence-electron chi connectivity index (χ2n) is 6.93. The Balaban J connectivity index is 1.80. The van der Waals surface area contributed by atoms with Gasteiger partial charge < -0.3 is 30.6 Å². The van der Waals surface area contributed by atoms with E-state index in [0.29, 0.717) is 56.1 Å².